The summed E-state index contributed by atoms with van der Waals surface area (Å²) in [4.78, 5) is 18.2. The number of nitrogens with two attached hydrogens (primary N) is 1. The van der Waals surface area contributed by atoms with E-state index in [9.17, 15) is 0 Å². The van der Waals surface area contributed by atoms with Crippen LogP contribution in [-0.2, 0) is 0 Å². The second kappa shape index (κ2) is 6.01. The van der Waals surface area contributed by atoms with Crippen LogP contribution in [0.3, 0.4) is 0 Å². The average molecular weight is 291 g/mol. The monoisotopic (exact) mass is 291 g/mol. The first-order valence-electron chi connectivity index (χ1n) is 7.99. The Labute approximate surface area is 125 Å². The molecule has 2 aliphatic rings. The Morgan fingerprint density at radius 3 is 2.52 bits per heavy atom. The minimum absolute atomic E-state index is 0.454. The first kappa shape index (κ1) is 14.3. The first-order chi connectivity index (χ1) is 10.2. The predicted octanol–water partition coefficient (Wildman–Crippen LogP) is 1.52. The summed E-state index contributed by atoms with van der Waals surface area (Å²) < 4.78 is 0. The first-order valence-corrected chi connectivity index (χ1v) is 7.99. The number of nitrogen functional groups attached to an aromatic ring is 1. The lowest BCUT2D eigenvalue weighted by molar-refractivity contribution is 0.611. The van der Waals surface area contributed by atoms with Crippen LogP contribution in [0.1, 0.15) is 46.0 Å². The van der Waals surface area contributed by atoms with Crippen LogP contribution in [0.15, 0.2) is 0 Å². The molecule has 21 heavy (non-hydrogen) atoms. The summed E-state index contributed by atoms with van der Waals surface area (Å²) >= 11 is 0. The Balaban J connectivity index is 1.95. The maximum atomic E-state index is 5.55. The highest BCUT2D eigenvalue weighted by Gasteiger charge is 2.32. The van der Waals surface area contributed by atoms with Crippen LogP contribution in [0.2, 0.25) is 0 Å². The number of aromatic nitrogens is 3. The predicted molar refractivity (Wildman–Crippen MR) is 84.3 cm³/mol. The Kier molecular flexibility index (Phi) is 4.10. The molecular formula is C14H25N7. The number of nitrogens with one attached hydrogen (secondary N) is 1. The molecule has 0 radical (unpaired) electrons. The molecule has 2 atom stereocenters. The van der Waals surface area contributed by atoms with Crippen LogP contribution in [0, 0.1) is 0 Å². The van der Waals surface area contributed by atoms with Gasteiger partial charge >= 0.3 is 0 Å². The summed E-state index contributed by atoms with van der Waals surface area (Å²) in [5.41, 5.74) is 2.59. The lowest BCUT2D eigenvalue weighted by Gasteiger charge is -2.29. The third-order valence-corrected chi connectivity index (χ3v) is 4.62. The van der Waals surface area contributed by atoms with Crippen LogP contribution in [0.25, 0.3) is 0 Å². The van der Waals surface area contributed by atoms with Gasteiger partial charge in [-0.2, -0.15) is 15.0 Å². The fraction of sp³-hybridized carbons (Fsp3) is 0.786. The summed E-state index contributed by atoms with van der Waals surface area (Å²) in [7, 11) is 0. The zero-order valence-electron chi connectivity index (χ0n) is 12.9. The Morgan fingerprint density at radius 1 is 1.14 bits per heavy atom. The second-order valence-corrected chi connectivity index (χ2v) is 5.99. The SMILES string of the molecule is CCC1CCC(C)N1c1nc(NN)nc(N2CCCC2)n1. The zero-order chi connectivity index (χ0) is 14.8. The van der Waals surface area contributed by atoms with Crippen LogP contribution in [0.5, 0.6) is 0 Å². The van der Waals surface area contributed by atoms with Crippen LogP contribution < -0.4 is 21.1 Å². The largest absolute Gasteiger partial charge is 0.341 e. The van der Waals surface area contributed by atoms with E-state index in [-0.39, 0.29) is 0 Å². The summed E-state index contributed by atoms with van der Waals surface area (Å²) in [6, 6.07) is 0.980. The molecule has 7 heteroatoms. The molecule has 2 fully saturated rings. The number of hydrazine groups is 1. The highest BCUT2D eigenvalue weighted by Crippen LogP contribution is 2.31. The quantitative estimate of drug-likeness (QED) is 0.643. The second-order valence-electron chi connectivity index (χ2n) is 5.99. The van der Waals surface area contributed by atoms with Crippen LogP contribution in [0.4, 0.5) is 17.8 Å². The number of rotatable bonds is 4. The normalized spacial score (nSPS) is 25.7. The van der Waals surface area contributed by atoms with Gasteiger partial charge in [0.05, 0.1) is 0 Å². The van der Waals surface area contributed by atoms with E-state index < -0.39 is 0 Å². The van der Waals surface area contributed by atoms with E-state index in [1.165, 1.54) is 25.7 Å². The zero-order valence-corrected chi connectivity index (χ0v) is 12.9. The molecule has 0 aliphatic carbocycles. The van der Waals surface area contributed by atoms with E-state index in [2.05, 4.69) is 39.0 Å². The number of hydrogen-bond donors (Lipinski definition) is 2. The molecule has 7 nitrogen and oxygen atoms in total. The van der Waals surface area contributed by atoms with Crippen molar-refractivity contribution in [3.8, 4) is 0 Å². The van der Waals surface area contributed by atoms with E-state index in [1.54, 1.807) is 0 Å². The van der Waals surface area contributed by atoms with Crippen molar-refractivity contribution >= 4 is 17.8 Å². The molecule has 3 rings (SSSR count). The molecule has 2 aliphatic heterocycles. The van der Waals surface area contributed by atoms with Gasteiger partial charge in [0.2, 0.25) is 17.8 Å². The van der Waals surface area contributed by atoms with Gasteiger partial charge in [0, 0.05) is 25.2 Å². The fourth-order valence-corrected chi connectivity index (χ4v) is 3.43. The lowest BCUT2D eigenvalue weighted by atomic mass is 10.2. The number of nitrogens with zero attached hydrogens (tertiary/aromatic N) is 5. The molecule has 3 heterocycles. The number of anilines is 3. The standard InChI is InChI=1S/C14H25N7/c1-3-11-7-6-10(2)21(11)14-17-12(19-15)16-13(18-14)20-8-4-5-9-20/h10-11H,3-9,15H2,1-2H3,(H,16,17,18,19). The minimum atomic E-state index is 0.454. The van der Waals surface area contributed by atoms with Gasteiger partial charge < -0.3 is 9.80 Å². The molecule has 0 spiro atoms. The van der Waals surface area contributed by atoms with Gasteiger partial charge in [-0.3, -0.25) is 5.43 Å². The van der Waals surface area contributed by atoms with E-state index >= 15 is 0 Å². The van der Waals surface area contributed by atoms with Gasteiger partial charge in [-0.15, -0.1) is 0 Å². The van der Waals surface area contributed by atoms with Gasteiger partial charge in [-0.1, -0.05) is 6.92 Å². The molecule has 0 aromatic carbocycles. The minimum Gasteiger partial charge on any atom is -0.341 e. The molecule has 3 N–H and O–H groups in total. The molecule has 0 saturated carbocycles. The molecular weight excluding hydrogens is 266 g/mol. The van der Waals surface area contributed by atoms with Crippen molar-refractivity contribution in [2.75, 3.05) is 28.3 Å². The number of hydrogen-bond acceptors (Lipinski definition) is 7. The van der Waals surface area contributed by atoms with E-state index in [0.717, 1.165) is 31.4 Å². The smallest absolute Gasteiger partial charge is 0.243 e. The Morgan fingerprint density at radius 2 is 1.86 bits per heavy atom. The highest BCUT2D eigenvalue weighted by molar-refractivity contribution is 5.47. The molecule has 2 unspecified atom stereocenters. The third-order valence-electron chi connectivity index (χ3n) is 4.62. The molecule has 0 amide bonds. The van der Waals surface area contributed by atoms with E-state index in [1.807, 2.05) is 0 Å². The van der Waals surface area contributed by atoms with Crippen LogP contribution in [-0.4, -0.2) is 40.1 Å². The fourth-order valence-electron chi connectivity index (χ4n) is 3.43. The third kappa shape index (κ3) is 2.74. The van der Waals surface area contributed by atoms with Crippen molar-refractivity contribution in [3.63, 3.8) is 0 Å². The molecule has 1 aromatic heterocycles. The average Bonchev–Trinajstić information content (AvgIpc) is 3.15. The summed E-state index contributed by atoms with van der Waals surface area (Å²) in [5.74, 6) is 7.51. The maximum Gasteiger partial charge on any atom is 0.243 e. The topological polar surface area (TPSA) is 83.2 Å². The van der Waals surface area contributed by atoms with Crippen molar-refractivity contribution in [2.24, 2.45) is 5.84 Å². The van der Waals surface area contributed by atoms with Gasteiger partial charge in [0.15, 0.2) is 0 Å². The van der Waals surface area contributed by atoms with Gasteiger partial charge in [0.25, 0.3) is 0 Å². The summed E-state index contributed by atoms with van der Waals surface area (Å²) in [5, 5.41) is 0. The maximum absolute atomic E-state index is 5.55. The van der Waals surface area contributed by atoms with Gasteiger partial charge in [0.1, 0.15) is 0 Å². The Hall–Kier alpha value is -1.63. The van der Waals surface area contributed by atoms with Crippen molar-refractivity contribution in [2.45, 2.75) is 58.0 Å². The Bertz CT molecular complexity index is 486. The van der Waals surface area contributed by atoms with Crippen LogP contribution >= 0.6 is 0 Å². The lowest BCUT2D eigenvalue weighted by Crippen LogP contribution is -2.36. The van der Waals surface area contributed by atoms with E-state index in [4.69, 9.17) is 10.8 Å². The molecule has 116 valence electrons. The molecule has 2 saturated heterocycles. The van der Waals surface area contributed by atoms with Crippen molar-refractivity contribution in [1.82, 2.24) is 15.0 Å². The summed E-state index contributed by atoms with van der Waals surface area (Å²) in [6.45, 7) is 6.49. The van der Waals surface area contributed by atoms with Gasteiger partial charge in [-0.25, -0.2) is 5.84 Å². The van der Waals surface area contributed by atoms with Gasteiger partial charge in [-0.05, 0) is 39.0 Å². The summed E-state index contributed by atoms with van der Waals surface area (Å²) in [6.07, 6.45) is 5.90. The van der Waals surface area contributed by atoms with Crippen molar-refractivity contribution < 1.29 is 0 Å². The molecule has 1 aromatic rings. The van der Waals surface area contributed by atoms with E-state index in [0.29, 0.717) is 18.0 Å². The highest BCUT2D eigenvalue weighted by atomic mass is 15.4. The van der Waals surface area contributed by atoms with Crippen molar-refractivity contribution in [1.29, 1.82) is 0 Å². The van der Waals surface area contributed by atoms with Crippen molar-refractivity contribution in [3.05, 3.63) is 0 Å². The molecule has 0 bridgehead atoms.